The zero-order valence-electron chi connectivity index (χ0n) is 15.9. The van der Waals surface area contributed by atoms with E-state index in [0.29, 0.717) is 0 Å². The Balaban J connectivity index is 1.91. The first-order valence-electron chi connectivity index (χ1n) is 9.37. The van der Waals surface area contributed by atoms with Crippen LogP contribution in [0.1, 0.15) is 29.2 Å². The lowest BCUT2D eigenvalue weighted by atomic mass is 10.00. The molecule has 0 saturated heterocycles. The van der Waals surface area contributed by atoms with E-state index in [-0.39, 0.29) is 6.04 Å². The summed E-state index contributed by atoms with van der Waals surface area (Å²) in [6, 6.07) is 30.0. The molecule has 3 rings (SSSR count). The van der Waals surface area contributed by atoms with E-state index < -0.39 is 0 Å². The molecule has 3 aromatic rings. The molecule has 0 aromatic heterocycles. The zero-order valence-corrected chi connectivity index (χ0v) is 15.9. The van der Waals surface area contributed by atoms with E-state index in [1.807, 2.05) is 18.2 Å². The van der Waals surface area contributed by atoms with Crippen LogP contribution in [0, 0.1) is 0 Å². The van der Waals surface area contributed by atoms with Crippen molar-refractivity contribution in [2.75, 3.05) is 7.11 Å². The molecule has 0 radical (unpaired) electrons. The molecule has 2 nitrogen and oxygen atoms in total. The highest BCUT2D eigenvalue weighted by atomic mass is 16.5. The molecule has 0 spiro atoms. The molecule has 0 aliphatic rings. The molecule has 0 fully saturated rings. The summed E-state index contributed by atoms with van der Waals surface area (Å²) in [5.41, 5.74) is 3.91. The maximum Gasteiger partial charge on any atom is 0.118 e. The molecule has 3 aromatic carbocycles. The fourth-order valence-electron chi connectivity index (χ4n) is 3.39. The minimum absolute atomic E-state index is 0.258. The molecule has 27 heavy (non-hydrogen) atoms. The van der Waals surface area contributed by atoms with Crippen LogP contribution < -0.4 is 4.74 Å². The van der Waals surface area contributed by atoms with Crippen LogP contribution in [0.2, 0.25) is 0 Å². The number of hydrogen-bond donors (Lipinski definition) is 0. The predicted octanol–water partition coefficient (Wildman–Crippen LogP) is 6.01. The van der Waals surface area contributed by atoms with Gasteiger partial charge >= 0.3 is 0 Å². The number of benzene rings is 3. The fraction of sp³-hybridized carbons (Fsp3) is 0.200. The highest BCUT2D eigenvalue weighted by Gasteiger charge is 2.20. The minimum atomic E-state index is 0.258. The molecule has 2 heteroatoms. The predicted molar refractivity (Wildman–Crippen MR) is 113 cm³/mol. The van der Waals surface area contributed by atoms with Gasteiger partial charge < -0.3 is 4.74 Å². The van der Waals surface area contributed by atoms with Gasteiger partial charge in [-0.05, 0) is 35.2 Å². The summed E-state index contributed by atoms with van der Waals surface area (Å²) in [5, 5.41) is 0. The Labute approximate surface area is 162 Å². The van der Waals surface area contributed by atoms with Crippen LogP contribution in [0.5, 0.6) is 5.75 Å². The average molecular weight is 357 g/mol. The summed E-state index contributed by atoms with van der Waals surface area (Å²) in [5.74, 6) is 0.883. The highest BCUT2D eigenvalue weighted by molar-refractivity contribution is 5.30. The number of ether oxygens (including phenoxy) is 1. The lowest BCUT2D eigenvalue weighted by Crippen LogP contribution is -2.28. The Morgan fingerprint density at radius 1 is 0.815 bits per heavy atom. The molecule has 0 saturated carbocycles. The van der Waals surface area contributed by atoms with Crippen molar-refractivity contribution in [1.29, 1.82) is 0 Å². The van der Waals surface area contributed by atoms with Gasteiger partial charge in [-0.3, -0.25) is 4.90 Å². The molecule has 0 heterocycles. The summed E-state index contributed by atoms with van der Waals surface area (Å²) in [6.45, 7) is 5.78. The van der Waals surface area contributed by atoms with Crippen molar-refractivity contribution >= 4 is 0 Å². The standard InChI is InChI=1S/C25H27NO/c1-3-10-25(23-15-17-24(27-2)18-16-23)26(19-21-11-6-4-7-12-21)20-22-13-8-5-9-14-22/h3-9,11-18,25H,1,10,19-20H2,2H3. The second kappa shape index (κ2) is 9.75. The smallest absolute Gasteiger partial charge is 0.118 e. The first kappa shape index (κ1) is 18.9. The quantitative estimate of drug-likeness (QED) is 0.435. The van der Waals surface area contributed by atoms with Gasteiger partial charge in [0.2, 0.25) is 0 Å². The Hall–Kier alpha value is -2.84. The van der Waals surface area contributed by atoms with Crippen molar-refractivity contribution in [3.8, 4) is 5.75 Å². The first-order chi connectivity index (χ1) is 13.3. The maximum absolute atomic E-state index is 5.33. The lowest BCUT2D eigenvalue weighted by molar-refractivity contribution is 0.179. The lowest BCUT2D eigenvalue weighted by Gasteiger charge is -2.32. The second-order valence-electron chi connectivity index (χ2n) is 6.69. The van der Waals surface area contributed by atoms with E-state index in [9.17, 15) is 0 Å². The second-order valence-corrected chi connectivity index (χ2v) is 6.69. The van der Waals surface area contributed by atoms with Crippen LogP contribution in [0.4, 0.5) is 0 Å². The van der Waals surface area contributed by atoms with Gasteiger partial charge in [-0.25, -0.2) is 0 Å². The Bertz CT molecular complexity index is 770. The van der Waals surface area contributed by atoms with Gasteiger partial charge in [0.05, 0.1) is 7.11 Å². The van der Waals surface area contributed by atoms with Gasteiger partial charge in [-0.15, -0.1) is 6.58 Å². The summed E-state index contributed by atoms with van der Waals surface area (Å²) >= 11 is 0. The van der Waals surface area contributed by atoms with Crippen molar-refractivity contribution in [2.24, 2.45) is 0 Å². The minimum Gasteiger partial charge on any atom is -0.497 e. The van der Waals surface area contributed by atoms with E-state index in [1.165, 1.54) is 16.7 Å². The van der Waals surface area contributed by atoms with Crippen molar-refractivity contribution in [2.45, 2.75) is 25.6 Å². The third kappa shape index (κ3) is 5.32. The summed E-state index contributed by atoms with van der Waals surface area (Å²) < 4.78 is 5.33. The van der Waals surface area contributed by atoms with Crippen LogP contribution in [0.3, 0.4) is 0 Å². The van der Waals surface area contributed by atoms with Crippen LogP contribution in [-0.4, -0.2) is 12.0 Å². The topological polar surface area (TPSA) is 12.5 Å². The molecule has 138 valence electrons. The summed E-state index contributed by atoms with van der Waals surface area (Å²) in [7, 11) is 1.70. The van der Waals surface area contributed by atoms with Crippen LogP contribution >= 0.6 is 0 Å². The first-order valence-corrected chi connectivity index (χ1v) is 9.37. The van der Waals surface area contributed by atoms with E-state index in [2.05, 4.69) is 84.3 Å². The Morgan fingerprint density at radius 2 is 1.33 bits per heavy atom. The molecule has 0 bridgehead atoms. The van der Waals surface area contributed by atoms with Crippen molar-refractivity contribution in [3.63, 3.8) is 0 Å². The molecule has 1 atom stereocenters. The SMILES string of the molecule is C=CCC(c1ccc(OC)cc1)N(Cc1ccccc1)Cc1ccccc1. The Kier molecular flexibility index (Phi) is 6.84. The Morgan fingerprint density at radius 3 is 1.78 bits per heavy atom. The molecule has 0 aliphatic heterocycles. The monoisotopic (exact) mass is 357 g/mol. The van der Waals surface area contributed by atoms with Crippen molar-refractivity contribution in [3.05, 3.63) is 114 Å². The number of hydrogen-bond acceptors (Lipinski definition) is 2. The van der Waals surface area contributed by atoms with Crippen LogP contribution in [0.25, 0.3) is 0 Å². The van der Waals surface area contributed by atoms with Gasteiger partial charge in [0.1, 0.15) is 5.75 Å². The highest BCUT2D eigenvalue weighted by Crippen LogP contribution is 2.29. The molecule has 0 N–H and O–H groups in total. The van der Waals surface area contributed by atoms with Gasteiger partial charge in [-0.1, -0.05) is 78.9 Å². The van der Waals surface area contributed by atoms with E-state index >= 15 is 0 Å². The third-order valence-corrected chi connectivity index (χ3v) is 4.79. The van der Waals surface area contributed by atoms with E-state index in [0.717, 1.165) is 25.3 Å². The van der Waals surface area contributed by atoms with Crippen molar-refractivity contribution < 1.29 is 4.74 Å². The van der Waals surface area contributed by atoms with Crippen molar-refractivity contribution in [1.82, 2.24) is 4.90 Å². The van der Waals surface area contributed by atoms with Gasteiger partial charge in [-0.2, -0.15) is 0 Å². The average Bonchev–Trinajstić information content (AvgIpc) is 2.73. The van der Waals surface area contributed by atoms with Crippen LogP contribution in [-0.2, 0) is 13.1 Å². The van der Waals surface area contributed by atoms with Gasteiger partial charge in [0.25, 0.3) is 0 Å². The molecule has 1 unspecified atom stereocenters. The number of nitrogens with zero attached hydrogens (tertiary/aromatic N) is 1. The van der Waals surface area contributed by atoms with E-state index in [4.69, 9.17) is 4.74 Å². The largest absolute Gasteiger partial charge is 0.497 e. The zero-order chi connectivity index (χ0) is 18.9. The van der Waals surface area contributed by atoms with Gasteiger partial charge in [0.15, 0.2) is 0 Å². The number of rotatable bonds is 9. The number of methoxy groups -OCH3 is 1. The van der Waals surface area contributed by atoms with Gasteiger partial charge in [0, 0.05) is 19.1 Å². The normalized spacial score (nSPS) is 11.9. The summed E-state index contributed by atoms with van der Waals surface area (Å²) in [6.07, 6.45) is 2.91. The molecule has 0 amide bonds. The fourth-order valence-corrected chi connectivity index (χ4v) is 3.39. The maximum atomic E-state index is 5.33. The molecular weight excluding hydrogens is 330 g/mol. The van der Waals surface area contributed by atoms with Crippen LogP contribution in [0.15, 0.2) is 97.6 Å². The molecular formula is C25H27NO. The van der Waals surface area contributed by atoms with E-state index in [1.54, 1.807) is 7.11 Å². The molecule has 0 aliphatic carbocycles. The summed E-state index contributed by atoms with van der Waals surface area (Å²) in [4.78, 5) is 2.52. The third-order valence-electron chi connectivity index (χ3n) is 4.79.